The molecule has 0 unspecified atom stereocenters. The molecule has 3 aliphatic rings. The molecule has 0 radical (unpaired) electrons. The highest BCUT2D eigenvalue weighted by molar-refractivity contribution is 5.98. The Morgan fingerprint density at radius 3 is 2.34 bits per heavy atom. The van der Waals surface area contributed by atoms with Gasteiger partial charge in [-0.15, -0.1) is 0 Å². The van der Waals surface area contributed by atoms with Gasteiger partial charge in [0.05, 0.1) is 41.1 Å². The Balaban J connectivity index is 0.915. The van der Waals surface area contributed by atoms with Gasteiger partial charge in [-0.05, 0) is 85.4 Å². The number of rotatable bonds is 18. The Bertz CT molecular complexity index is 2930. The van der Waals surface area contributed by atoms with E-state index in [1.165, 1.54) is 34.5 Å². The maximum absolute atomic E-state index is 15.4. The van der Waals surface area contributed by atoms with Crippen molar-refractivity contribution in [2.75, 3.05) is 45.7 Å². The number of urea groups is 1. The fourth-order valence-electron chi connectivity index (χ4n) is 9.18. The van der Waals surface area contributed by atoms with Crippen LogP contribution in [0, 0.1) is 18.7 Å². The van der Waals surface area contributed by atoms with Crippen molar-refractivity contribution in [3.05, 3.63) is 91.5 Å². The summed E-state index contributed by atoms with van der Waals surface area (Å²) in [5, 5.41) is 22.8. The molecule has 2 aromatic heterocycles. The van der Waals surface area contributed by atoms with Gasteiger partial charge < -0.3 is 66.4 Å². The van der Waals surface area contributed by atoms with Gasteiger partial charge in [-0.1, -0.05) is 32.9 Å². The van der Waals surface area contributed by atoms with Gasteiger partial charge in [-0.2, -0.15) is 0 Å². The lowest BCUT2D eigenvalue weighted by molar-refractivity contribution is -0.172. The molecule has 0 spiro atoms. The predicted molar refractivity (Wildman–Crippen MR) is 262 cm³/mol. The standard InChI is InChI=1S/C50H61FN10O12/c1-7-50(70)32-19-37-42-30(21-61(37)45(65)31(32)23-71-46(50)66)40-34(15-14-29-26(4)33(51)20-36(57-42)39(29)40)56-38(62)24-73-49(69)60(6)18-17-59(5)48(68)72-22-27-10-12-28(13-11-27)55-43(63)35(9-8-16-54-47(53)67)58-44(64)41(52)25(2)3/h10-13,19-20,25,34-35,41,70H,7-9,14-18,21-24,52H2,1-6H3,(H,55,63)(H,56,62)(H,58,64)(H3,53,54,67)/t34-,35-,41-,50-/m0/s1. The first-order valence-corrected chi connectivity index (χ1v) is 24.0. The quantitative estimate of drug-likeness (QED) is 0.0377. The molecule has 4 aromatic rings. The first-order valence-electron chi connectivity index (χ1n) is 24.0. The molecule has 9 N–H and O–H groups in total. The van der Waals surface area contributed by atoms with Gasteiger partial charge >= 0.3 is 24.2 Å². The van der Waals surface area contributed by atoms with E-state index in [9.17, 15) is 43.5 Å². The monoisotopic (exact) mass is 1010 g/mol. The summed E-state index contributed by atoms with van der Waals surface area (Å²) in [5.74, 6) is -3.12. The van der Waals surface area contributed by atoms with Crippen molar-refractivity contribution in [1.29, 1.82) is 0 Å². The predicted octanol–water partition coefficient (Wildman–Crippen LogP) is 2.82. The number of aryl methyl sites for hydroxylation is 1. The maximum Gasteiger partial charge on any atom is 0.410 e. The smallest absolute Gasteiger partial charge is 0.410 e. The number of aromatic nitrogens is 2. The first kappa shape index (κ1) is 53.1. The molecule has 2 aromatic carbocycles. The number of hydrogen-bond acceptors (Lipinski definition) is 14. The Hall–Kier alpha value is -7.66. The molecule has 0 saturated heterocycles. The number of nitrogens with zero attached hydrogens (tertiary/aromatic N) is 4. The SMILES string of the molecule is CC[C@@]1(O)C(=O)OCc2c1cc1n(c2=O)Cc2c-1nc1cc(F)c(C)c3c1c2[C@@H](NC(=O)COC(=O)N(C)CCN(C)C(=O)OCc1ccc(NC(=O)[C@H](CCCNC(N)=O)NC(=O)[C@@H](N)C(C)C)cc1)CC3. The number of amides is 7. The van der Waals surface area contributed by atoms with E-state index < -0.39 is 83.6 Å². The van der Waals surface area contributed by atoms with Gasteiger partial charge in [-0.3, -0.25) is 19.2 Å². The maximum atomic E-state index is 15.4. The number of benzene rings is 2. The van der Waals surface area contributed by atoms with Crippen molar-refractivity contribution in [3.63, 3.8) is 0 Å². The van der Waals surface area contributed by atoms with Crippen molar-refractivity contribution in [3.8, 4) is 11.4 Å². The lowest BCUT2D eigenvalue weighted by Gasteiger charge is -2.31. The highest BCUT2D eigenvalue weighted by atomic mass is 19.1. The second kappa shape index (κ2) is 22.0. The zero-order valence-electron chi connectivity index (χ0n) is 41.5. The molecule has 0 fully saturated rings. The molecular formula is C50H61FN10O12. The Morgan fingerprint density at radius 2 is 1.68 bits per heavy atom. The Kier molecular flexibility index (Phi) is 16.0. The topological polar surface area (TPSA) is 309 Å². The minimum Gasteiger partial charge on any atom is -0.458 e. The summed E-state index contributed by atoms with van der Waals surface area (Å²) < 4.78 is 32.8. The lowest BCUT2D eigenvalue weighted by Crippen LogP contribution is -2.51. The number of nitrogens with two attached hydrogens (primary N) is 2. The zero-order chi connectivity index (χ0) is 53.1. The summed E-state index contributed by atoms with van der Waals surface area (Å²) in [5.41, 5.74) is 13.3. The summed E-state index contributed by atoms with van der Waals surface area (Å²) in [6.45, 7) is 6.07. The summed E-state index contributed by atoms with van der Waals surface area (Å²) in [6.07, 6.45) is -0.277. The Labute approximate surface area is 419 Å². The molecule has 1 aliphatic carbocycles. The van der Waals surface area contributed by atoms with E-state index >= 15 is 4.39 Å². The van der Waals surface area contributed by atoms with Gasteiger partial charge in [0, 0.05) is 62.0 Å². The van der Waals surface area contributed by atoms with Gasteiger partial charge in [0.15, 0.2) is 12.2 Å². The third-order valence-corrected chi connectivity index (χ3v) is 13.6. The molecule has 22 nitrogen and oxygen atoms in total. The van der Waals surface area contributed by atoms with Crippen LogP contribution in [0.2, 0.25) is 0 Å². The fraction of sp³-hybridized carbons (Fsp3) is 0.460. The number of ether oxygens (including phenoxy) is 3. The van der Waals surface area contributed by atoms with Crippen LogP contribution < -0.4 is 38.3 Å². The fourth-order valence-corrected chi connectivity index (χ4v) is 9.18. The van der Waals surface area contributed by atoms with E-state index in [4.69, 9.17) is 30.7 Å². The van der Waals surface area contributed by atoms with Crippen molar-refractivity contribution in [2.45, 2.75) is 103 Å². The van der Waals surface area contributed by atoms with Crippen molar-refractivity contribution >= 4 is 58.5 Å². The minimum atomic E-state index is -2.05. The Morgan fingerprint density at radius 1 is 1.00 bits per heavy atom. The van der Waals surface area contributed by atoms with Gasteiger partial charge in [0.2, 0.25) is 11.8 Å². The van der Waals surface area contributed by atoms with Crippen LogP contribution in [0.1, 0.15) is 91.4 Å². The number of nitrogens with one attached hydrogen (secondary N) is 4. The van der Waals surface area contributed by atoms with Crippen molar-refractivity contribution < 1.29 is 57.3 Å². The van der Waals surface area contributed by atoms with Gasteiger partial charge in [0.1, 0.15) is 25.1 Å². The van der Waals surface area contributed by atoms with Crippen LogP contribution in [0.4, 0.5) is 24.5 Å². The van der Waals surface area contributed by atoms with E-state index in [-0.39, 0.29) is 69.3 Å². The number of pyridine rings is 2. The first-order chi connectivity index (χ1) is 34.6. The second-order valence-corrected chi connectivity index (χ2v) is 18.9. The number of primary amides is 1. The average Bonchev–Trinajstić information content (AvgIpc) is 3.73. The normalized spacial score (nSPS) is 17.0. The molecule has 2 aliphatic heterocycles. The number of aliphatic hydroxyl groups is 1. The van der Waals surface area contributed by atoms with E-state index in [1.54, 1.807) is 58.0 Å². The summed E-state index contributed by atoms with van der Waals surface area (Å²) in [7, 11) is 2.92. The molecule has 390 valence electrons. The van der Waals surface area contributed by atoms with E-state index in [0.717, 1.165) is 5.56 Å². The highest BCUT2D eigenvalue weighted by Crippen LogP contribution is 2.46. The van der Waals surface area contributed by atoms with Crippen LogP contribution in [-0.2, 0) is 65.2 Å². The summed E-state index contributed by atoms with van der Waals surface area (Å²) in [4.78, 5) is 110. The number of halogens is 1. The van der Waals surface area contributed by atoms with Gasteiger partial charge in [-0.25, -0.2) is 28.6 Å². The number of carbonyl (C=O) groups excluding carboxylic acids is 7. The number of hydrogen-bond donors (Lipinski definition) is 7. The van der Waals surface area contributed by atoms with Gasteiger partial charge in [0.25, 0.3) is 11.5 Å². The third kappa shape index (κ3) is 11.2. The van der Waals surface area contributed by atoms with E-state index in [2.05, 4.69) is 21.3 Å². The molecule has 0 saturated carbocycles. The zero-order valence-corrected chi connectivity index (χ0v) is 41.5. The molecule has 0 bridgehead atoms. The van der Waals surface area contributed by atoms with Crippen LogP contribution in [0.15, 0.2) is 41.2 Å². The molecule has 4 atom stereocenters. The molecule has 23 heteroatoms. The number of anilines is 1. The number of fused-ring (bicyclic) bond motifs is 5. The summed E-state index contributed by atoms with van der Waals surface area (Å²) >= 11 is 0. The van der Waals surface area contributed by atoms with Crippen molar-refractivity contribution in [2.24, 2.45) is 17.4 Å². The summed E-state index contributed by atoms with van der Waals surface area (Å²) in [6, 6.07) is 6.22. The van der Waals surface area contributed by atoms with Crippen LogP contribution in [0.25, 0.3) is 22.3 Å². The van der Waals surface area contributed by atoms with Crippen LogP contribution in [0.3, 0.4) is 0 Å². The number of likely N-dealkylation sites (N-methyl/N-ethyl adjacent to an activating group) is 2. The number of carbonyl (C=O) groups is 7. The largest absolute Gasteiger partial charge is 0.458 e. The highest BCUT2D eigenvalue weighted by Gasteiger charge is 2.46. The third-order valence-electron chi connectivity index (χ3n) is 13.6. The van der Waals surface area contributed by atoms with Crippen molar-refractivity contribution in [1.82, 2.24) is 35.3 Å². The molecule has 7 rings (SSSR count). The van der Waals surface area contributed by atoms with Crippen LogP contribution in [-0.4, -0.2) is 119 Å². The molecular weight excluding hydrogens is 952 g/mol. The number of esters is 1. The van der Waals surface area contributed by atoms with Crippen LogP contribution in [0.5, 0.6) is 0 Å². The van der Waals surface area contributed by atoms with E-state index in [1.807, 2.05) is 0 Å². The second-order valence-electron chi connectivity index (χ2n) is 18.9. The molecule has 4 heterocycles. The van der Waals surface area contributed by atoms with Crippen LogP contribution >= 0.6 is 0 Å². The molecule has 73 heavy (non-hydrogen) atoms. The molecule has 7 amide bonds. The lowest BCUT2D eigenvalue weighted by atomic mass is 9.81. The number of cyclic esters (lactones) is 1. The average molecular weight is 1010 g/mol. The minimum absolute atomic E-state index is 0.0166. The van der Waals surface area contributed by atoms with E-state index in [0.29, 0.717) is 69.5 Å².